The SMILES string of the molecule is c1ccc2c(c1)c1ccccc1n2C[C@@H]1CCCN2CCCC[C@H]12. The molecule has 0 radical (unpaired) electrons. The quantitative estimate of drug-likeness (QED) is 0.641. The van der Waals surface area contributed by atoms with Crippen LogP contribution in [0.5, 0.6) is 0 Å². The fraction of sp³-hybridized carbons (Fsp3) is 0.455. The van der Waals surface area contributed by atoms with E-state index in [0.29, 0.717) is 0 Å². The molecular weight excluding hydrogens is 292 g/mol. The van der Waals surface area contributed by atoms with Gasteiger partial charge in [-0.2, -0.15) is 0 Å². The highest BCUT2D eigenvalue weighted by Crippen LogP contribution is 2.35. The molecule has 1 aromatic heterocycles. The Morgan fingerprint density at radius 1 is 0.750 bits per heavy atom. The van der Waals surface area contributed by atoms with Crippen LogP contribution in [-0.4, -0.2) is 28.6 Å². The molecule has 2 saturated heterocycles. The van der Waals surface area contributed by atoms with Gasteiger partial charge in [-0.1, -0.05) is 42.8 Å². The largest absolute Gasteiger partial charge is 0.340 e. The first-order valence-electron chi connectivity index (χ1n) is 9.62. The first-order valence-corrected chi connectivity index (χ1v) is 9.62. The van der Waals surface area contributed by atoms with Gasteiger partial charge in [-0.05, 0) is 56.8 Å². The Kier molecular flexibility index (Phi) is 3.59. The second kappa shape index (κ2) is 5.93. The van der Waals surface area contributed by atoms with Gasteiger partial charge >= 0.3 is 0 Å². The molecule has 0 saturated carbocycles. The molecule has 3 aromatic rings. The number of para-hydroxylation sites is 2. The maximum Gasteiger partial charge on any atom is 0.0491 e. The Morgan fingerprint density at radius 2 is 1.42 bits per heavy atom. The van der Waals surface area contributed by atoms with Crippen molar-refractivity contribution in [3.05, 3.63) is 48.5 Å². The highest BCUT2D eigenvalue weighted by atomic mass is 15.2. The molecule has 2 aliphatic rings. The summed E-state index contributed by atoms with van der Waals surface area (Å²) in [5, 5.41) is 2.81. The fourth-order valence-corrected chi connectivity index (χ4v) is 5.22. The molecular formula is C22H26N2. The first-order chi connectivity index (χ1) is 11.9. The van der Waals surface area contributed by atoms with Gasteiger partial charge in [0.2, 0.25) is 0 Å². The van der Waals surface area contributed by atoms with Crippen LogP contribution in [0.1, 0.15) is 32.1 Å². The van der Waals surface area contributed by atoms with E-state index in [1.165, 1.54) is 73.5 Å². The number of aromatic nitrogens is 1. The predicted octanol–water partition coefficient (Wildman–Crippen LogP) is 5.06. The van der Waals surface area contributed by atoms with Crippen LogP contribution in [0.4, 0.5) is 0 Å². The molecule has 2 aliphatic heterocycles. The van der Waals surface area contributed by atoms with E-state index >= 15 is 0 Å². The number of piperidine rings is 2. The van der Waals surface area contributed by atoms with Gasteiger partial charge in [0.05, 0.1) is 0 Å². The summed E-state index contributed by atoms with van der Waals surface area (Å²) in [6, 6.07) is 18.7. The smallest absolute Gasteiger partial charge is 0.0491 e. The van der Waals surface area contributed by atoms with Crippen molar-refractivity contribution in [3.8, 4) is 0 Å². The summed E-state index contributed by atoms with van der Waals surface area (Å²) in [6.45, 7) is 3.83. The second-order valence-corrected chi connectivity index (χ2v) is 7.65. The highest BCUT2D eigenvalue weighted by molar-refractivity contribution is 6.07. The van der Waals surface area contributed by atoms with Crippen LogP contribution in [0.2, 0.25) is 0 Å². The second-order valence-electron chi connectivity index (χ2n) is 7.65. The van der Waals surface area contributed by atoms with E-state index in [4.69, 9.17) is 0 Å². The van der Waals surface area contributed by atoms with Crippen LogP contribution in [0, 0.1) is 5.92 Å². The van der Waals surface area contributed by atoms with Gasteiger partial charge in [-0.3, -0.25) is 0 Å². The zero-order valence-corrected chi connectivity index (χ0v) is 14.3. The molecule has 0 aliphatic carbocycles. The van der Waals surface area contributed by atoms with Crippen molar-refractivity contribution in [2.24, 2.45) is 5.92 Å². The van der Waals surface area contributed by atoms with Crippen LogP contribution >= 0.6 is 0 Å². The first kappa shape index (κ1) is 14.5. The molecule has 0 N–H and O–H groups in total. The van der Waals surface area contributed by atoms with Crippen LogP contribution < -0.4 is 0 Å². The lowest BCUT2D eigenvalue weighted by molar-refractivity contribution is 0.0529. The molecule has 0 amide bonds. The van der Waals surface area contributed by atoms with Crippen molar-refractivity contribution < 1.29 is 0 Å². The van der Waals surface area contributed by atoms with Gasteiger partial charge in [-0.15, -0.1) is 0 Å². The average Bonchev–Trinajstić information content (AvgIpc) is 2.97. The van der Waals surface area contributed by atoms with Crippen molar-refractivity contribution in [2.45, 2.75) is 44.7 Å². The lowest BCUT2D eigenvalue weighted by Crippen LogP contribution is -2.48. The van der Waals surface area contributed by atoms with Crippen molar-refractivity contribution in [1.82, 2.24) is 9.47 Å². The summed E-state index contributed by atoms with van der Waals surface area (Å²) in [5.41, 5.74) is 2.82. The van der Waals surface area contributed by atoms with Gasteiger partial charge in [-0.25, -0.2) is 0 Å². The van der Waals surface area contributed by atoms with Crippen molar-refractivity contribution in [1.29, 1.82) is 0 Å². The third-order valence-electron chi connectivity index (χ3n) is 6.33. The minimum atomic E-state index is 0.804. The van der Waals surface area contributed by atoms with Crippen LogP contribution in [0.25, 0.3) is 21.8 Å². The average molecular weight is 318 g/mol. The minimum absolute atomic E-state index is 0.804. The highest BCUT2D eigenvalue weighted by Gasteiger charge is 2.33. The van der Waals surface area contributed by atoms with E-state index in [9.17, 15) is 0 Å². The Balaban J connectivity index is 1.58. The standard InChI is InChI=1S/C22H26N2/c1-3-12-21-18(9-1)19-10-2-4-13-22(19)24(21)16-17-8-7-15-23-14-6-5-11-20(17)23/h1-4,9-10,12-13,17,20H,5-8,11,14-16H2/t17-,20+/m0/s1. The zero-order valence-electron chi connectivity index (χ0n) is 14.3. The molecule has 2 heteroatoms. The van der Waals surface area contributed by atoms with Crippen LogP contribution in [-0.2, 0) is 6.54 Å². The monoisotopic (exact) mass is 318 g/mol. The molecule has 2 aromatic carbocycles. The zero-order chi connectivity index (χ0) is 15.9. The molecule has 124 valence electrons. The molecule has 2 atom stereocenters. The Bertz CT molecular complexity index is 807. The summed E-state index contributed by atoms with van der Waals surface area (Å²) in [5.74, 6) is 0.804. The summed E-state index contributed by atoms with van der Waals surface area (Å²) >= 11 is 0. The fourth-order valence-electron chi connectivity index (χ4n) is 5.22. The van der Waals surface area contributed by atoms with E-state index in [1.54, 1.807) is 0 Å². The number of fused-ring (bicyclic) bond motifs is 4. The summed E-state index contributed by atoms with van der Waals surface area (Å²) in [7, 11) is 0. The number of nitrogens with zero attached hydrogens (tertiary/aromatic N) is 2. The molecule has 5 rings (SSSR count). The normalized spacial score (nSPS) is 25.2. The predicted molar refractivity (Wildman–Crippen MR) is 101 cm³/mol. The minimum Gasteiger partial charge on any atom is -0.340 e. The van der Waals surface area contributed by atoms with Crippen molar-refractivity contribution in [2.75, 3.05) is 13.1 Å². The van der Waals surface area contributed by atoms with Crippen LogP contribution in [0.15, 0.2) is 48.5 Å². The topological polar surface area (TPSA) is 8.17 Å². The Labute approximate surface area is 144 Å². The number of hydrogen-bond acceptors (Lipinski definition) is 1. The maximum atomic E-state index is 2.78. The van der Waals surface area contributed by atoms with E-state index in [2.05, 4.69) is 58.0 Å². The molecule has 0 unspecified atom stereocenters. The number of hydrogen-bond donors (Lipinski definition) is 0. The Hall–Kier alpha value is -1.80. The van der Waals surface area contributed by atoms with Gasteiger partial charge in [0.15, 0.2) is 0 Å². The van der Waals surface area contributed by atoms with Gasteiger partial charge < -0.3 is 9.47 Å². The number of rotatable bonds is 2. The Morgan fingerprint density at radius 3 is 2.17 bits per heavy atom. The molecule has 2 nitrogen and oxygen atoms in total. The van der Waals surface area contributed by atoms with Crippen molar-refractivity contribution >= 4 is 21.8 Å². The van der Waals surface area contributed by atoms with Crippen molar-refractivity contribution in [3.63, 3.8) is 0 Å². The van der Waals surface area contributed by atoms with E-state index in [0.717, 1.165) is 12.0 Å². The van der Waals surface area contributed by atoms with Crippen LogP contribution in [0.3, 0.4) is 0 Å². The lowest BCUT2D eigenvalue weighted by Gasteiger charge is -2.44. The summed E-state index contributed by atoms with van der Waals surface area (Å²) in [4.78, 5) is 2.78. The molecule has 24 heavy (non-hydrogen) atoms. The van der Waals surface area contributed by atoms with E-state index in [-0.39, 0.29) is 0 Å². The van der Waals surface area contributed by atoms with Gasteiger partial charge in [0.1, 0.15) is 0 Å². The lowest BCUT2D eigenvalue weighted by atomic mass is 9.83. The van der Waals surface area contributed by atoms with Gasteiger partial charge in [0, 0.05) is 34.4 Å². The van der Waals surface area contributed by atoms with E-state index in [1.807, 2.05) is 0 Å². The van der Waals surface area contributed by atoms with E-state index < -0.39 is 0 Å². The molecule has 3 heterocycles. The summed E-state index contributed by atoms with van der Waals surface area (Å²) < 4.78 is 2.60. The molecule has 0 bridgehead atoms. The third-order valence-corrected chi connectivity index (χ3v) is 6.33. The third kappa shape index (κ3) is 2.28. The summed E-state index contributed by atoms with van der Waals surface area (Å²) in [6.07, 6.45) is 6.99. The molecule has 2 fully saturated rings. The maximum absolute atomic E-state index is 2.78. The number of benzene rings is 2. The van der Waals surface area contributed by atoms with Gasteiger partial charge in [0.25, 0.3) is 0 Å². The molecule has 0 spiro atoms.